The summed E-state index contributed by atoms with van der Waals surface area (Å²) in [5.41, 5.74) is 2.69. The molecule has 0 N–H and O–H groups in total. The normalized spacial score (nSPS) is 17.3. The van der Waals surface area contributed by atoms with Crippen LogP contribution >= 0.6 is 0 Å². The van der Waals surface area contributed by atoms with E-state index >= 15 is 0 Å². The zero-order valence-corrected chi connectivity index (χ0v) is 6.04. The van der Waals surface area contributed by atoms with Gasteiger partial charge in [0.15, 0.2) is 0 Å². The molecule has 0 bridgehead atoms. The second-order valence-electron chi connectivity index (χ2n) is 2.90. The Morgan fingerprint density at radius 2 is 2.00 bits per heavy atom. The molecule has 2 nitrogen and oxygen atoms in total. The number of rotatable bonds is 1. The van der Waals surface area contributed by atoms with E-state index in [1.807, 2.05) is 12.4 Å². The summed E-state index contributed by atoms with van der Waals surface area (Å²) in [4.78, 5) is 0. The molecule has 2 rings (SSSR count). The van der Waals surface area contributed by atoms with Gasteiger partial charge < -0.3 is 0 Å². The van der Waals surface area contributed by atoms with Crippen LogP contribution in [0.3, 0.4) is 0 Å². The van der Waals surface area contributed by atoms with Crippen LogP contribution in [0.5, 0.6) is 0 Å². The maximum atomic E-state index is 3.86. The molecular weight excluding hydrogens is 124 g/mol. The molecule has 1 fully saturated rings. The van der Waals surface area contributed by atoms with Gasteiger partial charge in [0.2, 0.25) is 0 Å². The fourth-order valence-corrected chi connectivity index (χ4v) is 1.21. The monoisotopic (exact) mass is 134 g/mol. The van der Waals surface area contributed by atoms with E-state index in [0.29, 0.717) is 0 Å². The third-order valence-corrected chi connectivity index (χ3v) is 1.99. The standard InChI is InChI=1S/C8H10N2/c1-6-4-9-10-5-8(6)7-2-3-7/h4-5,7H,2-3H2,1H3. The van der Waals surface area contributed by atoms with E-state index in [9.17, 15) is 0 Å². The third kappa shape index (κ3) is 0.897. The molecule has 1 aliphatic carbocycles. The van der Waals surface area contributed by atoms with Gasteiger partial charge in [-0.3, -0.25) is 0 Å². The quantitative estimate of drug-likeness (QED) is 0.583. The van der Waals surface area contributed by atoms with Crippen molar-refractivity contribution < 1.29 is 0 Å². The average molecular weight is 134 g/mol. The highest BCUT2D eigenvalue weighted by atomic mass is 15.1. The van der Waals surface area contributed by atoms with Crippen molar-refractivity contribution in [2.45, 2.75) is 25.7 Å². The summed E-state index contributed by atoms with van der Waals surface area (Å²) in [6.45, 7) is 2.10. The number of nitrogens with zero attached hydrogens (tertiary/aromatic N) is 2. The first-order valence-corrected chi connectivity index (χ1v) is 3.65. The highest BCUT2D eigenvalue weighted by Gasteiger charge is 2.24. The minimum atomic E-state index is 0.801. The van der Waals surface area contributed by atoms with Gasteiger partial charge in [-0.2, -0.15) is 10.2 Å². The molecule has 0 aromatic carbocycles. The van der Waals surface area contributed by atoms with Crippen LogP contribution in [-0.2, 0) is 0 Å². The third-order valence-electron chi connectivity index (χ3n) is 1.99. The van der Waals surface area contributed by atoms with E-state index in [1.54, 1.807) is 0 Å². The number of aryl methyl sites for hydroxylation is 1. The van der Waals surface area contributed by atoms with Gasteiger partial charge in [0.25, 0.3) is 0 Å². The average Bonchev–Trinajstić information content (AvgIpc) is 2.71. The van der Waals surface area contributed by atoms with E-state index in [1.165, 1.54) is 24.0 Å². The summed E-state index contributed by atoms with van der Waals surface area (Å²) < 4.78 is 0. The van der Waals surface area contributed by atoms with Crippen LogP contribution in [0.4, 0.5) is 0 Å². The zero-order valence-electron chi connectivity index (χ0n) is 6.04. The van der Waals surface area contributed by atoms with Gasteiger partial charge in [-0.25, -0.2) is 0 Å². The largest absolute Gasteiger partial charge is 0.159 e. The smallest absolute Gasteiger partial charge is 0.0533 e. The predicted molar refractivity (Wildman–Crippen MR) is 38.7 cm³/mol. The van der Waals surface area contributed by atoms with Crippen molar-refractivity contribution >= 4 is 0 Å². The van der Waals surface area contributed by atoms with Crippen LogP contribution < -0.4 is 0 Å². The van der Waals surface area contributed by atoms with E-state index < -0.39 is 0 Å². The summed E-state index contributed by atoms with van der Waals surface area (Å²) in [5.74, 6) is 0.801. The summed E-state index contributed by atoms with van der Waals surface area (Å²) >= 11 is 0. The molecule has 1 aliphatic rings. The molecule has 0 amide bonds. The molecule has 1 aromatic rings. The molecule has 0 atom stereocenters. The van der Waals surface area contributed by atoms with Crippen molar-refractivity contribution in [3.05, 3.63) is 23.5 Å². The predicted octanol–water partition coefficient (Wildman–Crippen LogP) is 1.66. The fraction of sp³-hybridized carbons (Fsp3) is 0.500. The lowest BCUT2D eigenvalue weighted by Gasteiger charge is -1.98. The van der Waals surface area contributed by atoms with Crippen LogP contribution in [0.2, 0.25) is 0 Å². The molecule has 10 heavy (non-hydrogen) atoms. The first-order valence-electron chi connectivity index (χ1n) is 3.65. The molecule has 52 valence electrons. The molecule has 0 unspecified atom stereocenters. The Hall–Kier alpha value is -0.920. The molecule has 0 radical (unpaired) electrons. The van der Waals surface area contributed by atoms with Crippen molar-refractivity contribution in [3.8, 4) is 0 Å². The fourth-order valence-electron chi connectivity index (χ4n) is 1.21. The van der Waals surface area contributed by atoms with Crippen molar-refractivity contribution in [1.29, 1.82) is 0 Å². The minimum Gasteiger partial charge on any atom is -0.159 e. The van der Waals surface area contributed by atoms with E-state index in [4.69, 9.17) is 0 Å². The topological polar surface area (TPSA) is 25.8 Å². The van der Waals surface area contributed by atoms with Crippen LogP contribution in [0, 0.1) is 6.92 Å². The molecule has 1 heterocycles. The molecule has 1 aromatic heterocycles. The Morgan fingerprint density at radius 3 is 2.60 bits per heavy atom. The Kier molecular flexibility index (Phi) is 1.19. The summed E-state index contributed by atoms with van der Waals surface area (Å²) in [5, 5.41) is 7.66. The zero-order chi connectivity index (χ0) is 6.97. The van der Waals surface area contributed by atoms with Gasteiger partial charge >= 0.3 is 0 Å². The van der Waals surface area contributed by atoms with Crippen molar-refractivity contribution in [1.82, 2.24) is 10.2 Å². The lowest BCUT2D eigenvalue weighted by molar-refractivity contribution is 0.955. The van der Waals surface area contributed by atoms with Crippen LogP contribution in [0.15, 0.2) is 12.4 Å². The van der Waals surface area contributed by atoms with Crippen molar-refractivity contribution in [2.24, 2.45) is 0 Å². The maximum Gasteiger partial charge on any atom is 0.0533 e. The van der Waals surface area contributed by atoms with Gasteiger partial charge in [0, 0.05) is 0 Å². The highest BCUT2D eigenvalue weighted by Crippen LogP contribution is 2.40. The molecule has 2 heteroatoms. The van der Waals surface area contributed by atoms with E-state index in [0.717, 1.165) is 5.92 Å². The summed E-state index contributed by atoms with van der Waals surface area (Å²) in [7, 11) is 0. The summed E-state index contributed by atoms with van der Waals surface area (Å²) in [6, 6.07) is 0. The first-order chi connectivity index (χ1) is 4.88. The molecule has 0 spiro atoms. The summed E-state index contributed by atoms with van der Waals surface area (Å²) in [6.07, 6.45) is 6.42. The number of hydrogen-bond donors (Lipinski definition) is 0. The maximum absolute atomic E-state index is 3.86. The Balaban J connectivity index is 2.39. The van der Waals surface area contributed by atoms with Crippen LogP contribution in [0.1, 0.15) is 29.9 Å². The highest BCUT2D eigenvalue weighted by molar-refractivity contribution is 5.26. The molecule has 1 saturated carbocycles. The van der Waals surface area contributed by atoms with Crippen molar-refractivity contribution in [3.63, 3.8) is 0 Å². The van der Waals surface area contributed by atoms with Gasteiger partial charge in [0.1, 0.15) is 0 Å². The number of hydrogen-bond acceptors (Lipinski definition) is 2. The Bertz CT molecular complexity index is 241. The minimum absolute atomic E-state index is 0.801. The Morgan fingerprint density at radius 1 is 1.30 bits per heavy atom. The lowest BCUT2D eigenvalue weighted by atomic mass is 10.1. The van der Waals surface area contributed by atoms with E-state index in [2.05, 4.69) is 17.1 Å². The second kappa shape index (κ2) is 2.04. The van der Waals surface area contributed by atoms with Crippen LogP contribution in [-0.4, -0.2) is 10.2 Å². The second-order valence-corrected chi connectivity index (χ2v) is 2.90. The Labute approximate surface area is 60.3 Å². The van der Waals surface area contributed by atoms with Gasteiger partial charge in [-0.1, -0.05) is 0 Å². The van der Waals surface area contributed by atoms with Gasteiger partial charge in [-0.15, -0.1) is 0 Å². The molecule has 0 aliphatic heterocycles. The first kappa shape index (κ1) is 5.83. The van der Waals surface area contributed by atoms with Gasteiger partial charge in [0.05, 0.1) is 12.4 Å². The molecule has 0 saturated heterocycles. The van der Waals surface area contributed by atoms with Crippen molar-refractivity contribution in [2.75, 3.05) is 0 Å². The number of aromatic nitrogens is 2. The SMILES string of the molecule is Cc1cnncc1C1CC1. The van der Waals surface area contributed by atoms with Gasteiger partial charge in [-0.05, 0) is 36.8 Å². The lowest BCUT2D eigenvalue weighted by Crippen LogP contribution is -1.89. The van der Waals surface area contributed by atoms with Crippen LogP contribution in [0.25, 0.3) is 0 Å². The molecular formula is C8H10N2. The van der Waals surface area contributed by atoms with E-state index in [-0.39, 0.29) is 0 Å².